The van der Waals surface area contributed by atoms with Gasteiger partial charge in [-0.15, -0.1) is 0 Å². The van der Waals surface area contributed by atoms with Gasteiger partial charge in [0.15, 0.2) is 0 Å². The summed E-state index contributed by atoms with van der Waals surface area (Å²) in [5.41, 5.74) is 1.87. The molecule has 0 aromatic heterocycles. The van der Waals surface area contributed by atoms with Crippen molar-refractivity contribution in [2.24, 2.45) is 0 Å². The monoisotopic (exact) mass is 319 g/mol. The molecule has 0 atom stereocenters. The molecule has 0 aliphatic rings. The SMILES string of the molecule is C/C=C\C(=C/C)CCC(=N)COC(=C/CC)/C=C(\CC)OCC. The minimum absolute atomic E-state index is 0.332. The van der Waals surface area contributed by atoms with Gasteiger partial charge in [0.25, 0.3) is 0 Å². The zero-order valence-corrected chi connectivity index (χ0v) is 15.4. The van der Waals surface area contributed by atoms with E-state index in [0.717, 1.165) is 37.2 Å². The van der Waals surface area contributed by atoms with E-state index >= 15 is 0 Å². The van der Waals surface area contributed by atoms with Gasteiger partial charge < -0.3 is 14.9 Å². The van der Waals surface area contributed by atoms with Crippen molar-refractivity contribution in [3.05, 3.63) is 47.5 Å². The molecule has 0 spiro atoms. The molecule has 1 N–H and O–H groups in total. The van der Waals surface area contributed by atoms with Gasteiger partial charge in [-0.3, -0.25) is 0 Å². The molecular weight excluding hydrogens is 286 g/mol. The summed E-state index contributed by atoms with van der Waals surface area (Å²) in [7, 11) is 0. The number of rotatable bonds is 12. The van der Waals surface area contributed by atoms with E-state index in [9.17, 15) is 0 Å². The van der Waals surface area contributed by atoms with Crippen LogP contribution in [0.5, 0.6) is 0 Å². The molecular formula is C20H33NO2. The Morgan fingerprint density at radius 3 is 2.30 bits per heavy atom. The molecule has 0 rings (SSSR count). The highest BCUT2D eigenvalue weighted by atomic mass is 16.5. The Balaban J connectivity index is 4.53. The molecule has 130 valence electrons. The van der Waals surface area contributed by atoms with Crippen LogP contribution in [0.25, 0.3) is 0 Å². The Hall–Kier alpha value is -1.77. The molecule has 0 unspecified atom stereocenters. The van der Waals surface area contributed by atoms with Crippen LogP contribution < -0.4 is 0 Å². The standard InChI is InChI=1S/C20H33NO2/c1-6-11-17(8-3)13-14-18(21)16-23-20(12-7-2)15-19(9-4)22-10-5/h6,8,11-12,15,21H,7,9-10,13-14,16H2,1-5H3/b11-6-,17-8+,19-15+,20-12+,21-18?. The number of nitrogens with one attached hydrogen (secondary N) is 1. The second-order valence-corrected chi connectivity index (χ2v) is 5.17. The van der Waals surface area contributed by atoms with E-state index < -0.39 is 0 Å². The van der Waals surface area contributed by atoms with Crippen LogP contribution in [0.2, 0.25) is 0 Å². The third-order valence-electron chi connectivity index (χ3n) is 3.27. The molecule has 0 amide bonds. The van der Waals surface area contributed by atoms with Crippen LogP contribution in [0.4, 0.5) is 0 Å². The summed E-state index contributed by atoms with van der Waals surface area (Å²) in [6.07, 6.45) is 13.5. The molecule has 0 bridgehead atoms. The fourth-order valence-corrected chi connectivity index (χ4v) is 2.03. The summed E-state index contributed by atoms with van der Waals surface area (Å²) in [5, 5.41) is 8.07. The molecule has 3 nitrogen and oxygen atoms in total. The van der Waals surface area contributed by atoms with Gasteiger partial charge >= 0.3 is 0 Å². The number of hydrogen-bond donors (Lipinski definition) is 1. The van der Waals surface area contributed by atoms with Crippen LogP contribution in [0.15, 0.2) is 47.5 Å². The normalized spacial score (nSPS) is 13.5. The summed E-state index contributed by atoms with van der Waals surface area (Å²) < 4.78 is 11.4. The van der Waals surface area contributed by atoms with Crippen LogP contribution >= 0.6 is 0 Å². The number of ether oxygens (including phenoxy) is 2. The average Bonchev–Trinajstić information content (AvgIpc) is 2.55. The lowest BCUT2D eigenvalue weighted by molar-refractivity contribution is 0.214. The van der Waals surface area contributed by atoms with Gasteiger partial charge in [-0.05, 0) is 46.1 Å². The number of allylic oxidation sites excluding steroid dienone is 7. The maximum absolute atomic E-state index is 8.07. The summed E-state index contributed by atoms with van der Waals surface area (Å²) in [4.78, 5) is 0. The van der Waals surface area contributed by atoms with Gasteiger partial charge in [0.05, 0.1) is 12.4 Å². The molecule has 0 heterocycles. The molecule has 0 saturated heterocycles. The predicted molar refractivity (Wildman–Crippen MR) is 99.9 cm³/mol. The summed E-state index contributed by atoms with van der Waals surface area (Å²) in [6, 6.07) is 0. The maximum atomic E-state index is 8.07. The van der Waals surface area contributed by atoms with Gasteiger partial charge in [0.1, 0.15) is 12.4 Å². The zero-order chi connectivity index (χ0) is 17.5. The van der Waals surface area contributed by atoms with Gasteiger partial charge in [-0.1, -0.05) is 37.6 Å². The molecule has 0 aromatic carbocycles. The molecule has 0 aliphatic carbocycles. The van der Waals surface area contributed by atoms with E-state index in [1.54, 1.807) is 0 Å². The van der Waals surface area contributed by atoms with E-state index in [-0.39, 0.29) is 0 Å². The lowest BCUT2D eigenvalue weighted by Crippen LogP contribution is -2.08. The largest absolute Gasteiger partial charge is 0.498 e. The van der Waals surface area contributed by atoms with Crippen molar-refractivity contribution < 1.29 is 9.47 Å². The Labute approximate surface area is 142 Å². The quantitative estimate of drug-likeness (QED) is 0.274. The highest BCUT2D eigenvalue weighted by Gasteiger charge is 2.03. The van der Waals surface area contributed by atoms with Crippen LogP contribution in [0.3, 0.4) is 0 Å². The first-order valence-corrected chi connectivity index (χ1v) is 8.61. The lowest BCUT2D eigenvalue weighted by atomic mass is 10.1. The fourth-order valence-electron chi connectivity index (χ4n) is 2.03. The van der Waals surface area contributed by atoms with Crippen LogP contribution in [-0.4, -0.2) is 18.9 Å². The van der Waals surface area contributed by atoms with Crippen molar-refractivity contribution in [2.45, 2.75) is 60.3 Å². The highest BCUT2D eigenvalue weighted by Crippen LogP contribution is 2.12. The van der Waals surface area contributed by atoms with Crippen molar-refractivity contribution >= 4 is 5.71 Å². The van der Waals surface area contributed by atoms with Crippen LogP contribution in [0.1, 0.15) is 60.3 Å². The lowest BCUT2D eigenvalue weighted by Gasteiger charge is -2.11. The first-order valence-electron chi connectivity index (χ1n) is 8.61. The molecule has 23 heavy (non-hydrogen) atoms. The van der Waals surface area contributed by atoms with E-state index in [0.29, 0.717) is 18.9 Å². The molecule has 0 aliphatic heterocycles. The Bertz CT molecular complexity index is 456. The van der Waals surface area contributed by atoms with Crippen LogP contribution in [-0.2, 0) is 9.47 Å². The molecule has 0 aromatic rings. The molecule has 0 radical (unpaired) electrons. The second kappa shape index (κ2) is 13.9. The summed E-state index contributed by atoms with van der Waals surface area (Å²) in [5.74, 6) is 1.71. The van der Waals surface area contributed by atoms with E-state index in [1.807, 2.05) is 39.0 Å². The first-order chi connectivity index (χ1) is 11.1. The first kappa shape index (κ1) is 21.2. The highest BCUT2D eigenvalue weighted by molar-refractivity contribution is 5.83. The predicted octanol–water partition coefficient (Wildman–Crippen LogP) is 5.95. The fraction of sp³-hybridized carbons (Fsp3) is 0.550. The Kier molecular flexibility index (Phi) is 12.8. The Morgan fingerprint density at radius 2 is 1.78 bits per heavy atom. The van der Waals surface area contributed by atoms with E-state index in [1.165, 1.54) is 5.57 Å². The maximum Gasteiger partial charge on any atom is 0.126 e. The molecule has 0 saturated carbocycles. The molecule has 3 heteroatoms. The van der Waals surface area contributed by atoms with Crippen molar-refractivity contribution in [2.75, 3.05) is 13.2 Å². The Morgan fingerprint density at radius 1 is 1.04 bits per heavy atom. The number of hydrogen-bond acceptors (Lipinski definition) is 3. The van der Waals surface area contributed by atoms with Crippen molar-refractivity contribution in [3.63, 3.8) is 0 Å². The smallest absolute Gasteiger partial charge is 0.126 e. The van der Waals surface area contributed by atoms with E-state index in [2.05, 4.69) is 26.0 Å². The third-order valence-corrected chi connectivity index (χ3v) is 3.27. The van der Waals surface area contributed by atoms with Gasteiger partial charge in [0.2, 0.25) is 0 Å². The second-order valence-electron chi connectivity index (χ2n) is 5.17. The molecule has 0 fully saturated rings. The van der Waals surface area contributed by atoms with Crippen molar-refractivity contribution in [1.29, 1.82) is 5.41 Å². The van der Waals surface area contributed by atoms with E-state index in [4.69, 9.17) is 14.9 Å². The minimum Gasteiger partial charge on any atom is -0.498 e. The topological polar surface area (TPSA) is 42.3 Å². The van der Waals surface area contributed by atoms with Gasteiger partial charge in [-0.2, -0.15) is 0 Å². The van der Waals surface area contributed by atoms with Crippen molar-refractivity contribution in [1.82, 2.24) is 0 Å². The summed E-state index contributed by atoms with van der Waals surface area (Å²) in [6.45, 7) is 11.1. The third kappa shape index (κ3) is 10.6. The van der Waals surface area contributed by atoms with Gasteiger partial charge in [-0.25, -0.2) is 0 Å². The van der Waals surface area contributed by atoms with Crippen molar-refractivity contribution in [3.8, 4) is 0 Å². The van der Waals surface area contributed by atoms with Gasteiger partial charge in [0, 0.05) is 18.2 Å². The zero-order valence-electron chi connectivity index (χ0n) is 15.4. The van der Waals surface area contributed by atoms with Crippen LogP contribution in [0, 0.1) is 5.41 Å². The summed E-state index contributed by atoms with van der Waals surface area (Å²) >= 11 is 0. The minimum atomic E-state index is 0.332. The average molecular weight is 319 g/mol.